The van der Waals surface area contributed by atoms with E-state index in [1.165, 1.54) is 4.31 Å². The maximum Gasteiger partial charge on any atom is 0.223 e. The molecule has 0 unspecified atom stereocenters. The maximum atomic E-state index is 12.8. The van der Waals surface area contributed by atoms with Gasteiger partial charge < -0.3 is 5.32 Å². The van der Waals surface area contributed by atoms with Crippen LogP contribution in [-0.4, -0.2) is 37.5 Å². The van der Waals surface area contributed by atoms with Crippen molar-refractivity contribution in [3.05, 3.63) is 58.3 Å². The highest BCUT2D eigenvalue weighted by molar-refractivity contribution is 7.89. The zero-order valence-corrected chi connectivity index (χ0v) is 16.4. The number of rotatable bonds is 6. The molecule has 1 fully saturated rings. The molecule has 1 saturated heterocycles. The molecule has 0 saturated carbocycles. The van der Waals surface area contributed by atoms with Crippen LogP contribution in [0.5, 0.6) is 0 Å². The highest BCUT2D eigenvalue weighted by Gasteiger charge is 2.31. The second-order valence-corrected chi connectivity index (χ2v) is 9.68. The molecule has 0 radical (unpaired) electrons. The number of sulfonamides is 1. The largest absolute Gasteiger partial charge is 0.344 e. The summed E-state index contributed by atoms with van der Waals surface area (Å²) in [6.45, 7) is 2.49. The minimum Gasteiger partial charge on any atom is -0.344 e. The Balaban J connectivity index is 1.68. The first kappa shape index (κ1) is 19.1. The van der Waals surface area contributed by atoms with Gasteiger partial charge in [0.2, 0.25) is 15.9 Å². The van der Waals surface area contributed by atoms with Crippen molar-refractivity contribution in [2.75, 3.05) is 18.8 Å². The first-order valence-corrected chi connectivity index (χ1v) is 11.4. The number of hydrogen-bond donors (Lipinski definition) is 1. The van der Waals surface area contributed by atoms with Crippen molar-refractivity contribution >= 4 is 27.3 Å². The van der Waals surface area contributed by atoms with Crippen LogP contribution in [0, 0.1) is 5.92 Å². The molecule has 1 atom stereocenters. The van der Waals surface area contributed by atoms with Crippen LogP contribution in [-0.2, 0) is 14.8 Å². The molecule has 1 aliphatic rings. The Morgan fingerprint density at radius 3 is 2.46 bits per heavy atom. The van der Waals surface area contributed by atoms with E-state index in [1.54, 1.807) is 18.3 Å². The summed E-state index contributed by atoms with van der Waals surface area (Å²) in [5.41, 5.74) is 1.05. The fourth-order valence-corrected chi connectivity index (χ4v) is 5.19. The van der Waals surface area contributed by atoms with Crippen molar-refractivity contribution in [2.45, 2.75) is 25.8 Å². The minimum absolute atomic E-state index is 0.000740. The van der Waals surface area contributed by atoms with E-state index in [0.29, 0.717) is 25.9 Å². The van der Waals surface area contributed by atoms with Gasteiger partial charge in [0.1, 0.15) is 0 Å². The van der Waals surface area contributed by atoms with Crippen LogP contribution in [0.15, 0.2) is 47.8 Å². The average Bonchev–Trinajstić information content (AvgIpc) is 3.21. The van der Waals surface area contributed by atoms with Gasteiger partial charge in [0.25, 0.3) is 0 Å². The van der Waals surface area contributed by atoms with E-state index in [0.717, 1.165) is 10.4 Å². The molecule has 2 aromatic rings. The monoisotopic (exact) mass is 392 g/mol. The van der Waals surface area contributed by atoms with Gasteiger partial charge in [-0.2, -0.15) is 0 Å². The van der Waals surface area contributed by atoms with E-state index in [9.17, 15) is 13.2 Å². The summed E-state index contributed by atoms with van der Waals surface area (Å²) in [5, 5.41) is 5.18. The number of hydrogen-bond acceptors (Lipinski definition) is 4. The molecule has 140 valence electrons. The van der Waals surface area contributed by atoms with Gasteiger partial charge in [-0.05, 0) is 36.8 Å². The van der Waals surface area contributed by atoms with Crippen LogP contribution >= 0.6 is 11.3 Å². The van der Waals surface area contributed by atoms with Crippen LogP contribution in [0.1, 0.15) is 36.2 Å². The lowest BCUT2D eigenvalue weighted by atomic mass is 9.96. The zero-order chi connectivity index (χ0) is 18.6. The highest BCUT2D eigenvalue weighted by Crippen LogP contribution is 2.28. The molecule has 0 bridgehead atoms. The van der Waals surface area contributed by atoms with Crippen LogP contribution < -0.4 is 5.32 Å². The summed E-state index contributed by atoms with van der Waals surface area (Å²) in [5.74, 6) is -0.0384. The predicted molar refractivity (Wildman–Crippen MR) is 105 cm³/mol. The first-order chi connectivity index (χ1) is 12.5. The number of benzene rings is 1. The third-order valence-corrected chi connectivity index (χ3v) is 7.65. The second-order valence-electron chi connectivity index (χ2n) is 6.44. The maximum absolute atomic E-state index is 12.8. The lowest BCUT2D eigenvalue weighted by Gasteiger charge is -2.31. The minimum atomic E-state index is -3.17. The summed E-state index contributed by atoms with van der Waals surface area (Å²) in [4.78, 5) is 13.9. The van der Waals surface area contributed by atoms with Gasteiger partial charge in [0.15, 0.2) is 0 Å². The SMILES string of the molecule is CCS(=O)(=O)N1CCC(C(=O)N[C@H](c2ccccc2)c2cccs2)CC1. The van der Waals surface area contributed by atoms with E-state index in [1.807, 2.05) is 47.8 Å². The zero-order valence-electron chi connectivity index (χ0n) is 14.8. The number of carbonyl (C=O) groups is 1. The van der Waals surface area contributed by atoms with E-state index < -0.39 is 10.0 Å². The molecule has 0 aliphatic carbocycles. The molecule has 7 heteroatoms. The molecule has 2 heterocycles. The van der Waals surface area contributed by atoms with Gasteiger partial charge >= 0.3 is 0 Å². The number of nitrogens with zero attached hydrogens (tertiary/aromatic N) is 1. The fourth-order valence-electron chi connectivity index (χ4n) is 3.26. The normalized spacial score (nSPS) is 17.7. The molecule has 5 nitrogen and oxygen atoms in total. The molecule has 1 aromatic carbocycles. The smallest absolute Gasteiger partial charge is 0.223 e. The molecule has 1 aromatic heterocycles. The van der Waals surface area contributed by atoms with Gasteiger partial charge in [-0.15, -0.1) is 11.3 Å². The van der Waals surface area contributed by atoms with Crippen molar-refractivity contribution in [1.82, 2.24) is 9.62 Å². The average molecular weight is 393 g/mol. The standard InChI is InChI=1S/C19H24N2O3S2/c1-2-26(23,24)21-12-10-16(11-13-21)19(22)20-18(17-9-6-14-25-17)15-7-4-3-5-8-15/h3-9,14,16,18H,2,10-13H2,1H3,(H,20,22)/t18-/m1/s1. The lowest BCUT2D eigenvalue weighted by molar-refractivity contribution is -0.126. The Kier molecular flexibility index (Phi) is 6.11. The molecule has 1 amide bonds. The summed E-state index contributed by atoms with van der Waals surface area (Å²) < 4.78 is 25.5. The molecular formula is C19H24N2O3S2. The Labute approximate surface area is 159 Å². The second kappa shape index (κ2) is 8.33. The molecule has 3 rings (SSSR count). The van der Waals surface area contributed by atoms with E-state index in [2.05, 4.69) is 5.32 Å². The summed E-state index contributed by atoms with van der Waals surface area (Å²) >= 11 is 1.62. The van der Waals surface area contributed by atoms with Crippen LogP contribution in [0.25, 0.3) is 0 Å². The van der Waals surface area contributed by atoms with Crippen molar-refractivity contribution < 1.29 is 13.2 Å². The number of carbonyl (C=O) groups excluding carboxylic acids is 1. The van der Waals surface area contributed by atoms with Crippen molar-refractivity contribution in [2.24, 2.45) is 5.92 Å². The Morgan fingerprint density at radius 1 is 1.19 bits per heavy atom. The Hall–Kier alpha value is -1.70. The van der Waals surface area contributed by atoms with Gasteiger partial charge in [-0.1, -0.05) is 36.4 Å². The van der Waals surface area contributed by atoms with Crippen molar-refractivity contribution in [3.63, 3.8) is 0 Å². The van der Waals surface area contributed by atoms with Crippen LogP contribution in [0.3, 0.4) is 0 Å². The highest BCUT2D eigenvalue weighted by atomic mass is 32.2. The van der Waals surface area contributed by atoms with Crippen molar-refractivity contribution in [1.29, 1.82) is 0 Å². The Bertz CT molecular complexity index is 812. The van der Waals surface area contributed by atoms with Gasteiger partial charge in [0.05, 0.1) is 11.8 Å². The molecule has 1 aliphatic heterocycles. The fraction of sp³-hybridized carbons (Fsp3) is 0.421. The molecule has 1 N–H and O–H groups in total. The summed E-state index contributed by atoms with van der Waals surface area (Å²) in [6, 6.07) is 13.8. The Morgan fingerprint density at radius 2 is 1.88 bits per heavy atom. The van der Waals surface area contributed by atoms with Crippen molar-refractivity contribution in [3.8, 4) is 0 Å². The summed E-state index contributed by atoms with van der Waals surface area (Å²) in [7, 11) is -3.17. The topological polar surface area (TPSA) is 66.5 Å². The lowest BCUT2D eigenvalue weighted by Crippen LogP contribution is -2.44. The third kappa shape index (κ3) is 4.34. The quantitative estimate of drug-likeness (QED) is 0.822. The number of nitrogens with one attached hydrogen (secondary N) is 1. The van der Waals surface area contributed by atoms with Gasteiger partial charge in [-0.3, -0.25) is 4.79 Å². The number of amides is 1. The van der Waals surface area contributed by atoms with Crippen LogP contribution in [0.2, 0.25) is 0 Å². The first-order valence-electron chi connectivity index (χ1n) is 8.88. The van der Waals surface area contributed by atoms with E-state index in [4.69, 9.17) is 0 Å². The number of thiophene rings is 1. The summed E-state index contributed by atoms with van der Waals surface area (Å²) in [6.07, 6.45) is 1.13. The van der Waals surface area contributed by atoms with Gasteiger partial charge in [-0.25, -0.2) is 12.7 Å². The van der Waals surface area contributed by atoms with E-state index in [-0.39, 0.29) is 23.6 Å². The molecular weight excluding hydrogens is 368 g/mol. The molecule has 26 heavy (non-hydrogen) atoms. The number of piperidine rings is 1. The van der Waals surface area contributed by atoms with E-state index >= 15 is 0 Å². The predicted octanol–water partition coefficient (Wildman–Crippen LogP) is 3.02. The third-order valence-electron chi connectivity index (χ3n) is 4.83. The molecule has 0 spiro atoms. The van der Waals surface area contributed by atoms with Crippen LogP contribution in [0.4, 0.5) is 0 Å². The van der Waals surface area contributed by atoms with Gasteiger partial charge in [0, 0.05) is 23.9 Å².